The molecule has 2 atom stereocenters. The van der Waals surface area contributed by atoms with E-state index in [0.29, 0.717) is 5.56 Å². The Balaban J connectivity index is 0.00000361. The van der Waals surface area contributed by atoms with Crippen molar-refractivity contribution in [2.75, 3.05) is 5.75 Å². The van der Waals surface area contributed by atoms with Gasteiger partial charge in [-0.2, -0.15) is 0 Å². The summed E-state index contributed by atoms with van der Waals surface area (Å²) in [5.74, 6) is -2.05. The summed E-state index contributed by atoms with van der Waals surface area (Å²) in [5.41, 5.74) is 7.02. The van der Waals surface area contributed by atoms with Crippen LogP contribution in [0.1, 0.15) is 11.1 Å². The monoisotopic (exact) mass is 543 g/mol. The Morgan fingerprint density at radius 1 is 1.11 bits per heavy atom. The number of halogens is 5. The van der Waals surface area contributed by atoms with Crippen molar-refractivity contribution in [3.63, 3.8) is 0 Å². The second-order valence-electron chi connectivity index (χ2n) is 7.98. The highest BCUT2D eigenvalue weighted by Gasteiger charge is 2.42. The zero-order valence-corrected chi connectivity index (χ0v) is 20.3. The molecular formula is C24H22ClF4N3O3S. The summed E-state index contributed by atoms with van der Waals surface area (Å²) >= 11 is 1.08. The number of Topliss-reactive ketones (excluding diaryl/α,β-unsaturated/α-hetero) is 1. The molecule has 2 aliphatic heterocycles. The fourth-order valence-corrected chi connectivity index (χ4v) is 4.95. The van der Waals surface area contributed by atoms with E-state index < -0.39 is 41.7 Å². The van der Waals surface area contributed by atoms with Crippen LogP contribution in [-0.2, 0) is 22.7 Å². The van der Waals surface area contributed by atoms with E-state index in [1.807, 2.05) is 30.3 Å². The lowest BCUT2D eigenvalue weighted by Crippen LogP contribution is -2.52. The number of benzene rings is 2. The fourth-order valence-electron chi connectivity index (χ4n) is 3.78. The number of ether oxygens (including phenoxy) is 1. The Morgan fingerprint density at radius 3 is 2.42 bits per heavy atom. The molecule has 192 valence electrons. The highest BCUT2D eigenvalue weighted by atomic mass is 35.5. The second-order valence-corrected chi connectivity index (χ2v) is 9.04. The standard InChI is InChI=1S/C24H21F4N3O3S.ClH/c25-19-17(23(33)30-10-14-4-2-1-3-5-14)12-31(20-21(32)18(29)13-35-22(19)20)11-15-6-8-16(9-7-15)34-24(26,27)28;/h1-9,12,18,20H,10-11,13,29H2,(H,30,33);1H/t18-,20?;/m0./s1. The molecule has 1 unspecified atom stereocenters. The van der Waals surface area contributed by atoms with E-state index in [1.54, 1.807) is 0 Å². The number of fused-ring (bicyclic) bond motifs is 1. The topological polar surface area (TPSA) is 84.7 Å². The van der Waals surface area contributed by atoms with E-state index in [9.17, 15) is 22.8 Å². The maximum absolute atomic E-state index is 15.4. The van der Waals surface area contributed by atoms with Crippen LogP contribution in [0.15, 0.2) is 77.1 Å². The number of carbonyl (C=O) groups excluding carboxylic acids is 2. The number of nitrogens with two attached hydrogens (primary N) is 1. The molecule has 0 aromatic heterocycles. The van der Waals surface area contributed by atoms with Crippen LogP contribution in [0, 0.1) is 0 Å². The summed E-state index contributed by atoms with van der Waals surface area (Å²) in [6, 6.07) is 12.3. The summed E-state index contributed by atoms with van der Waals surface area (Å²) in [7, 11) is 0. The molecule has 0 saturated carbocycles. The number of thioether (sulfide) groups is 1. The number of hydrogen-bond donors (Lipinski definition) is 2. The van der Waals surface area contributed by atoms with E-state index in [1.165, 1.54) is 23.2 Å². The number of amides is 1. The molecule has 3 N–H and O–H groups in total. The van der Waals surface area contributed by atoms with Gasteiger partial charge >= 0.3 is 6.36 Å². The van der Waals surface area contributed by atoms with Gasteiger partial charge in [0.25, 0.3) is 5.91 Å². The third kappa shape index (κ3) is 6.40. The summed E-state index contributed by atoms with van der Waals surface area (Å²) in [6.45, 7) is 0.211. The number of ketones is 1. The normalized spacial score (nSPS) is 19.8. The van der Waals surface area contributed by atoms with Gasteiger partial charge in [-0.15, -0.1) is 37.3 Å². The maximum atomic E-state index is 15.4. The van der Waals surface area contributed by atoms with Gasteiger partial charge in [-0.25, -0.2) is 4.39 Å². The van der Waals surface area contributed by atoms with Gasteiger partial charge in [0.05, 0.1) is 16.5 Å². The van der Waals surface area contributed by atoms with Crippen LogP contribution in [0.3, 0.4) is 0 Å². The van der Waals surface area contributed by atoms with Gasteiger partial charge in [-0.1, -0.05) is 42.5 Å². The quantitative estimate of drug-likeness (QED) is 0.531. The van der Waals surface area contributed by atoms with Crippen LogP contribution in [0.2, 0.25) is 0 Å². The summed E-state index contributed by atoms with van der Waals surface area (Å²) in [6.07, 6.45) is -3.56. The van der Waals surface area contributed by atoms with Crippen LogP contribution in [0.4, 0.5) is 17.6 Å². The molecule has 2 aliphatic rings. The number of rotatable bonds is 6. The van der Waals surface area contributed by atoms with Crippen molar-refractivity contribution < 1.29 is 31.9 Å². The van der Waals surface area contributed by atoms with Crippen LogP contribution in [0.5, 0.6) is 5.75 Å². The van der Waals surface area contributed by atoms with Crippen LogP contribution in [-0.4, -0.2) is 40.8 Å². The predicted octanol–water partition coefficient (Wildman–Crippen LogP) is 4.22. The van der Waals surface area contributed by atoms with Gasteiger partial charge < -0.3 is 20.7 Å². The van der Waals surface area contributed by atoms with Crippen molar-refractivity contribution in [1.29, 1.82) is 0 Å². The number of nitrogens with zero attached hydrogens (tertiary/aromatic N) is 1. The molecule has 0 bridgehead atoms. The third-order valence-electron chi connectivity index (χ3n) is 5.44. The Bertz CT molecular complexity index is 1170. The minimum absolute atomic E-state index is 0. The molecule has 6 nitrogen and oxygen atoms in total. The minimum atomic E-state index is -4.82. The molecule has 2 aromatic rings. The van der Waals surface area contributed by atoms with E-state index in [4.69, 9.17) is 5.73 Å². The number of alkyl halides is 3. The van der Waals surface area contributed by atoms with Crippen LogP contribution < -0.4 is 15.8 Å². The molecular weight excluding hydrogens is 522 g/mol. The minimum Gasteiger partial charge on any atom is -0.406 e. The van der Waals surface area contributed by atoms with Crippen LogP contribution in [0.25, 0.3) is 0 Å². The largest absolute Gasteiger partial charge is 0.573 e. The van der Waals surface area contributed by atoms with E-state index in [2.05, 4.69) is 10.1 Å². The lowest BCUT2D eigenvalue weighted by molar-refractivity contribution is -0.274. The first kappa shape index (κ1) is 27.6. The van der Waals surface area contributed by atoms with Crippen molar-refractivity contribution in [2.24, 2.45) is 5.73 Å². The zero-order chi connectivity index (χ0) is 25.2. The Labute approximate surface area is 215 Å². The predicted molar refractivity (Wildman–Crippen MR) is 130 cm³/mol. The molecule has 2 heterocycles. The third-order valence-corrected chi connectivity index (χ3v) is 6.68. The van der Waals surface area contributed by atoms with Crippen molar-refractivity contribution >= 4 is 35.9 Å². The van der Waals surface area contributed by atoms with E-state index in [0.717, 1.165) is 29.5 Å². The molecule has 1 fully saturated rings. The van der Waals surface area contributed by atoms with Crippen molar-refractivity contribution in [2.45, 2.75) is 31.5 Å². The molecule has 0 aliphatic carbocycles. The molecule has 4 rings (SSSR count). The molecule has 36 heavy (non-hydrogen) atoms. The molecule has 1 amide bonds. The van der Waals surface area contributed by atoms with Gasteiger partial charge in [0.2, 0.25) is 0 Å². The molecule has 12 heteroatoms. The van der Waals surface area contributed by atoms with Gasteiger partial charge in [-0.05, 0) is 23.3 Å². The van der Waals surface area contributed by atoms with Crippen LogP contribution >= 0.6 is 24.2 Å². The molecule has 1 saturated heterocycles. The lowest BCUT2D eigenvalue weighted by Gasteiger charge is -2.39. The number of hydrogen-bond acceptors (Lipinski definition) is 6. The van der Waals surface area contributed by atoms with E-state index >= 15 is 4.39 Å². The Kier molecular flexibility index (Phi) is 8.70. The van der Waals surface area contributed by atoms with Crippen molar-refractivity contribution in [1.82, 2.24) is 10.2 Å². The fraction of sp³-hybridized carbons (Fsp3) is 0.250. The van der Waals surface area contributed by atoms with Crippen molar-refractivity contribution in [3.05, 3.63) is 88.2 Å². The lowest BCUT2D eigenvalue weighted by atomic mass is 9.98. The summed E-state index contributed by atoms with van der Waals surface area (Å²) < 4.78 is 56.6. The molecule has 0 spiro atoms. The van der Waals surface area contributed by atoms with Gasteiger partial charge in [0.15, 0.2) is 5.78 Å². The summed E-state index contributed by atoms with van der Waals surface area (Å²) in [4.78, 5) is 27.3. The highest BCUT2D eigenvalue weighted by molar-refractivity contribution is 8.03. The average molecular weight is 544 g/mol. The van der Waals surface area contributed by atoms with Gasteiger partial charge in [0, 0.05) is 25.0 Å². The van der Waals surface area contributed by atoms with Gasteiger partial charge in [0.1, 0.15) is 17.6 Å². The molecule has 2 aromatic carbocycles. The van der Waals surface area contributed by atoms with Crippen molar-refractivity contribution in [3.8, 4) is 5.75 Å². The Hall–Kier alpha value is -3.02. The SMILES string of the molecule is Cl.N[C@H]1CSC2=C(F)C(C(=O)NCc3ccccc3)=CN(Cc3ccc(OC(F)(F)F)cc3)C2C1=O. The summed E-state index contributed by atoms with van der Waals surface area (Å²) in [5, 5.41) is 2.68. The first-order valence-electron chi connectivity index (χ1n) is 10.6. The Morgan fingerprint density at radius 2 is 1.78 bits per heavy atom. The van der Waals surface area contributed by atoms with Gasteiger partial charge in [-0.3, -0.25) is 9.59 Å². The number of carbonyl (C=O) groups is 2. The first-order valence-corrected chi connectivity index (χ1v) is 11.6. The molecule has 0 radical (unpaired) electrons. The van der Waals surface area contributed by atoms with E-state index in [-0.39, 0.29) is 41.7 Å². The smallest absolute Gasteiger partial charge is 0.406 e. The maximum Gasteiger partial charge on any atom is 0.573 e. The number of nitrogens with one attached hydrogen (secondary N) is 1. The highest BCUT2D eigenvalue weighted by Crippen LogP contribution is 2.40. The first-order chi connectivity index (χ1) is 16.6. The average Bonchev–Trinajstić information content (AvgIpc) is 2.82. The zero-order valence-electron chi connectivity index (χ0n) is 18.6. The second kappa shape index (κ2) is 11.4.